The van der Waals surface area contributed by atoms with Crippen LogP contribution in [0.1, 0.15) is 33.1 Å². The Labute approximate surface area is 191 Å². The van der Waals surface area contributed by atoms with Crippen LogP contribution in [0.25, 0.3) is 0 Å². The van der Waals surface area contributed by atoms with Gasteiger partial charge in [0.2, 0.25) is 17.7 Å². The summed E-state index contributed by atoms with van der Waals surface area (Å²) in [4.78, 5) is 52.5. The van der Waals surface area contributed by atoms with Gasteiger partial charge in [0.25, 0.3) is 0 Å². The molecule has 0 aromatic rings. The number of amides is 3. The quantitative estimate of drug-likeness (QED) is 0.0678. The molecule has 184 valence electrons. The van der Waals surface area contributed by atoms with Crippen molar-refractivity contribution in [1.29, 1.82) is 0 Å². The maximum atomic E-state index is 12.7. The topological polar surface area (TPSA) is 235 Å². The van der Waals surface area contributed by atoms with Gasteiger partial charge in [0, 0.05) is 6.54 Å². The molecule has 5 unspecified atom stereocenters. The minimum absolute atomic E-state index is 0.0712. The van der Waals surface area contributed by atoms with Gasteiger partial charge in [-0.3, -0.25) is 19.4 Å². The van der Waals surface area contributed by atoms with Gasteiger partial charge in [0.1, 0.15) is 18.1 Å². The van der Waals surface area contributed by atoms with Gasteiger partial charge in [-0.1, -0.05) is 0 Å². The molecule has 0 spiro atoms. The predicted molar refractivity (Wildman–Crippen MR) is 122 cm³/mol. The Morgan fingerprint density at radius 3 is 2.03 bits per heavy atom. The average molecular weight is 478 g/mol. The van der Waals surface area contributed by atoms with Gasteiger partial charge < -0.3 is 43.4 Å². The minimum atomic E-state index is -1.34. The SMILES string of the molecule is CSCCC(NC(=O)C(NC(=O)C(C)N)C(C)O)C(=O)NC(CCCN=C(N)N)C(=O)O. The number of aliphatic hydroxyl groups excluding tert-OH is 1. The molecule has 14 heteroatoms. The average Bonchev–Trinajstić information content (AvgIpc) is 2.69. The molecule has 0 fully saturated rings. The second-order valence-corrected chi connectivity index (χ2v) is 8.19. The Bertz CT molecular complexity index is 670. The highest BCUT2D eigenvalue weighted by Crippen LogP contribution is 2.06. The molecule has 3 amide bonds. The van der Waals surface area contributed by atoms with Crippen molar-refractivity contribution in [1.82, 2.24) is 16.0 Å². The number of carbonyl (C=O) groups excluding carboxylic acids is 3. The van der Waals surface area contributed by atoms with Crippen molar-refractivity contribution in [3.8, 4) is 0 Å². The molecule has 0 radical (unpaired) electrons. The highest BCUT2D eigenvalue weighted by atomic mass is 32.2. The normalized spacial score (nSPS) is 15.4. The first-order chi connectivity index (χ1) is 14.9. The minimum Gasteiger partial charge on any atom is -0.480 e. The van der Waals surface area contributed by atoms with E-state index in [2.05, 4.69) is 20.9 Å². The lowest BCUT2D eigenvalue weighted by molar-refractivity contribution is -0.142. The van der Waals surface area contributed by atoms with Crippen LogP contribution in [0, 0.1) is 0 Å². The van der Waals surface area contributed by atoms with Crippen LogP contribution in [-0.4, -0.2) is 88.7 Å². The van der Waals surface area contributed by atoms with E-state index in [9.17, 15) is 29.4 Å². The highest BCUT2D eigenvalue weighted by Gasteiger charge is 2.31. The van der Waals surface area contributed by atoms with Gasteiger partial charge in [0.15, 0.2) is 5.96 Å². The van der Waals surface area contributed by atoms with Gasteiger partial charge >= 0.3 is 5.97 Å². The monoisotopic (exact) mass is 477 g/mol. The summed E-state index contributed by atoms with van der Waals surface area (Å²) in [5, 5.41) is 26.5. The lowest BCUT2D eigenvalue weighted by Gasteiger charge is -2.26. The summed E-state index contributed by atoms with van der Waals surface area (Å²) in [6.07, 6.45) is 1.13. The molecule has 0 aliphatic heterocycles. The van der Waals surface area contributed by atoms with E-state index in [1.807, 2.05) is 6.26 Å². The van der Waals surface area contributed by atoms with Gasteiger partial charge in [0.05, 0.1) is 12.1 Å². The largest absolute Gasteiger partial charge is 0.480 e. The number of nitrogens with zero attached hydrogens (tertiary/aromatic N) is 1. The molecule has 0 heterocycles. The summed E-state index contributed by atoms with van der Waals surface area (Å²) < 4.78 is 0. The molecule has 0 bridgehead atoms. The van der Waals surface area contributed by atoms with Crippen LogP contribution in [0.15, 0.2) is 4.99 Å². The molecule has 13 nitrogen and oxygen atoms in total. The van der Waals surface area contributed by atoms with Crippen molar-refractivity contribution in [3.05, 3.63) is 0 Å². The number of carboxylic acids is 1. The molecule has 32 heavy (non-hydrogen) atoms. The lowest BCUT2D eigenvalue weighted by atomic mass is 10.1. The fourth-order valence-corrected chi connectivity index (χ4v) is 2.96. The summed E-state index contributed by atoms with van der Waals surface area (Å²) >= 11 is 1.43. The van der Waals surface area contributed by atoms with Crippen molar-refractivity contribution in [2.24, 2.45) is 22.2 Å². The molecule has 11 N–H and O–H groups in total. The number of guanidine groups is 1. The van der Waals surface area contributed by atoms with E-state index in [1.54, 1.807) is 0 Å². The van der Waals surface area contributed by atoms with Crippen LogP contribution in [0.2, 0.25) is 0 Å². The number of nitrogens with one attached hydrogen (secondary N) is 3. The van der Waals surface area contributed by atoms with E-state index >= 15 is 0 Å². The van der Waals surface area contributed by atoms with Crippen molar-refractivity contribution in [2.45, 2.75) is 63.4 Å². The first kappa shape index (κ1) is 29.4. The Morgan fingerprint density at radius 2 is 1.56 bits per heavy atom. The second kappa shape index (κ2) is 15.3. The number of aliphatic carboxylic acids is 1. The summed E-state index contributed by atoms with van der Waals surface area (Å²) in [5.74, 6) is -3.03. The van der Waals surface area contributed by atoms with Gasteiger partial charge in [-0.15, -0.1) is 0 Å². The molecule has 0 rings (SSSR count). The third kappa shape index (κ3) is 11.7. The summed E-state index contributed by atoms with van der Waals surface area (Å²) in [7, 11) is 0. The zero-order chi connectivity index (χ0) is 24.8. The van der Waals surface area contributed by atoms with Crippen molar-refractivity contribution < 1.29 is 29.4 Å². The maximum Gasteiger partial charge on any atom is 0.326 e. The number of aliphatic imine (C=N–C) groups is 1. The Kier molecular flexibility index (Phi) is 14.0. The number of thioether (sulfide) groups is 1. The van der Waals surface area contributed by atoms with Crippen LogP contribution in [0.3, 0.4) is 0 Å². The molecular formula is C18H35N7O6S. The number of hydrogen-bond donors (Lipinski definition) is 8. The number of hydrogen-bond acceptors (Lipinski definition) is 8. The van der Waals surface area contributed by atoms with E-state index in [0.29, 0.717) is 12.2 Å². The summed E-state index contributed by atoms with van der Waals surface area (Å²) in [6.45, 7) is 2.92. The molecular weight excluding hydrogens is 442 g/mol. The molecule has 0 aromatic heterocycles. The molecule has 0 aliphatic rings. The van der Waals surface area contributed by atoms with Gasteiger partial charge in [-0.05, 0) is 45.1 Å². The zero-order valence-corrected chi connectivity index (χ0v) is 19.4. The molecule has 0 saturated carbocycles. The molecule has 0 aromatic carbocycles. The molecule has 0 saturated heterocycles. The van der Waals surface area contributed by atoms with Gasteiger partial charge in [-0.25, -0.2) is 4.79 Å². The Balaban J connectivity index is 5.27. The fraction of sp³-hybridized carbons (Fsp3) is 0.722. The predicted octanol–water partition coefficient (Wildman–Crippen LogP) is -2.94. The number of carbonyl (C=O) groups is 4. The first-order valence-corrected chi connectivity index (χ1v) is 11.4. The van der Waals surface area contributed by atoms with Crippen LogP contribution in [-0.2, 0) is 19.2 Å². The third-order valence-corrected chi connectivity index (χ3v) is 4.92. The van der Waals surface area contributed by atoms with E-state index < -0.39 is 54.0 Å². The number of carboxylic acid groups (broad SMARTS) is 1. The van der Waals surface area contributed by atoms with E-state index in [0.717, 1.165) is 0 Å². The van der Waals surface area contributed by atoms with E-state index in [4.69, 9.17) is 17.2 Å². The van der Waals surface area contributed by atoms with Crippen LogP contribution < -0.4 is 33.2 Å². The van der Waals surface area contributed by atoms with Crippen LogP contribution in [0.4, 0.5) is 0 Å². The van der Waals surface area contributed by atoms with Crippen molar-refractivity contribution in [3.63, 3.8) is 0 Å². The standard InChI is InChI=1S/C18H35N7O6S/c1-9(19)14(27)25-13(10(2)26)16(29)23-11(6-8-32-3)15(28)24-12(17(30)31)5-4-7-22-18(20)21/h9-13,26H,4-8,19H2,1-3H3,(H,23,29)(H,24,28)(H,25,27)(H,30,31)(H4,20,21,22). The smallest absolute Gasteiger partial charge is 0.326 e. The first-order valence-electron chi connectivity index (χ1n) is 10.0. The maximum absolute atomic E-state index is 12.7. The van der Waals surface area contributed by atoms with Crippen molar-refractivity contribution in [2.75, 3.05) is 18.6 Å². The Hall–Kier alpha value is -2.58. The number of aliphatic hydroxyl groups is 1. The fourth-order valence-electron chi connectivity index (χ4n) is 2.49. The molecule has 5 atom stereocenters. The van der Waals surface area contributed by atoms with Crippen LogP contribution >= 0.6 is 11.8 Å². The number of nitrogens with two attached hydrogens (primary N) is 3. The zero-order valence-electron chi connectivity index (χ0n) is 18.5. The Morgan fingerprint density at radius 1 is 0.969 bits per heavy atom. The number of rotatable bonds is 15. The molecule has 0 aliphatic carbocycles. The van der Waals surface area contributed by atoms with Crippen LogP contribution in [0.5, 0.6) is 0 Å². The summed E-state index contributed by atoms with van der Waals surface area (Å²) in [5.41, 5.74) is 15.9. The van der Waals surface area contributed by atoms with E-state index in [-0.39, 0.29) is 25.3 Å². The summed E-state index contributed by atoms with van der Waals surface area (Å²) in [6, 6.07) is -4.54. The lowest BCUT2D eigenvalue weighted by Crippen LogP contribution is -2.59. The second-order valence-electron chi connectivity index (χ2n) is 7.21. The highest BCUT2D eigenvalue weighted by molar-refractivity contribution is 7.98. The van der Waals surface area contributed by atoms with Crippen molar-refractivity contribution >= 4 is 41.4 Å². The van der Waals surface area contributed by atoms with E-state index in [1.165, 1.54) is 25.6 Å². The van der Waals surface area contributed by atoms with Gasteiger partial charge in [-0.2, -0.15) is 11.8 Å². The third-order valence-electron chi connectivity index (χ3n) is 4.28.